The second-order valence-corrected chi connectivity index (χ2v) is 15.6. The zero-order valence-corrected chi connectivity index (χ0v) is 37.1. The van der Waals surface area contributed by atoms with E-state index in [-0.39, 0.29) is 25.2 Å². The predicted octanol–water partition coefficient (Wildman–Crippen LogP) is 15.8. The lowest BCUT2D eigenvalue weighted by molar-refractivity contribution is -0.163. The number of hydrogen-bond donors (Lipinski definition) is 0. The Morgan fingerprint density at radius 1 is 0.411 bits per heavy atom. The molecule has 0 aliphatic heterocycles. The van der Waals surface area contributed by atoms with Crippen molar-refractivity contribution in [2.45, 2.75) is 232 Å². The summed E-state index contributed by atoms with van der Waals surface area (Å²) in [6, 6.07) is 0. The van der Waals surface area contributed by atoms with Crippen molar-refractivity contribution in [3.8, 4) is 0 Å². The first kappa shape index (κ1) is 53.6. The molecule has 0 aromatic carbocycles. The number of rotatable bonds is 43. The van der Waals surface area contributed by atoms with E-state index in [0.29, 0.717) is 19.4 Å². The minimum absolute atomic E-state index is 0.0698. The number of carbonyl (C=O) groups excluding carboxylic acids is 2. The Labute approximate surface area is 347 Å². The third-order valence-corrected chi connectivity index (χ3v) is 10.1. The lowest BCUT2D eigenvalue weighted by atomic mass is 10.0. The fourth-order valence-corrected chi connectivity index (χ4v) is 6.54. The van der Waals surface area contributed by atoms with Gasteiger partial charge in [-0.2, -0.15) is 0 Å². The van der Waals surface area contributed by atoms with Crippen molar-refractivity contribution >= 4 is 11.9 Å². The van der Waals surface area contributed by atoms with Crippen molar-refractivity contribution in [3.63, 3.8) is 0 Å². The summed E-state index contributed by atoms with van der Waals surface area (Å²) < 4.78 is 17.2. The molecule has 56 heavy (non-hydrogen) atoms. The van der Waals surface area contributed by atoms with Gasteiger partial charge in [0.25, 0.3) is 0 Å². The molecule has 0 aliphatic rings. The lowest BCUT2D eigenvalue weighted by Gasteiger charge is -2.18. The summed E-state index contributed by atoms with van der Waals surface area (Å²) in [6.45, 7) is 7.59. The summed E-state index contributed by atoms with van der Waals surface area (Å²) in [5.74, 6) is -0.422. The van der Waals surface area contributed by atoms with Crippen LogP contribution in [0.5, 0.6) is 0 Å². The standard InChI is InChI=1S/C51H90O5/c1-4-7-10-13-16-18-20-22-24-25-26-28-30-32-34-37-40-43-46-54-47-49(56-51(53)45-42-39-35-15-12-9-6-3)48-55-50(52)44-41-38-36-33-31-29-27-23-21-19-17-14-11-8-5-2/h7,10,16,18,22,24,26,28,32,34,49H,4-6,8-9,11-15,17,19-21,23,25,27,29-31,33,35-48H2,1-3H3/b10-7-,18-16-,24-22-,28-26-,34-32-. The molecule has 1 unspecified atom stereocenters. The van der Waals surface area contributed by atoms with Crippen LogP contribution in [0.4, 0.5) is 0 Å². The monoisotopic (exact) mass is 783 g/mol. The highest BCUT2D eigenvalue weighted by Gasteiger charge is 2.17. The van der Waals surface area contributed by atoms with Crippen molar-refractivity contribution in [2.24, 2.45) is 0 Å². The summed E-state index contributed by atoms with van der Waals surface area (Å²) in [4.78, 5) is 25.2. The summed E-state index contributed by atoms with van der Waals surface area (Å²) in [7, 11) is 0. The molecule has 0 aromatic rings. The van der Waals surface area contributed by atoms with Gasteiger partial charge in [-0.3, -0.25) is 9.59 Å². The van der Waals surface area contributed by atoms with Crippen LogP contribution in [0.1, 0.15) is 226 Å². The molecule has 5 heteroatoms. The van der Waals surface area contributed by atoms with Gasteiger partial charge >= 0.3 is 11.9 Å². The molecule has 324 valence electrons. The van der Waals surface area contributed by atoms with Crippen LogP contribution in [0.25, 0.3) is 0 Å². The van der Waals surface area contributed by atoms with Gasteiger partial charge in [0.2, 0.25) is 0 Å². The van der Waals surface area contributed by atoms with Crippen molar-refractivity contribution in [2.75, 3.05) is 19.8 Å². The van der Waals surface area contributed by atoms with E-state index >= 15 is 0 Å². The van der Waals surface area contributed by atoms with Crippen molar-refractivity contribution < 1.29 is 23.8 Å². The number of esters is 2. The van der Waals surface area contributed by atoms with Crippen LogP contribution >= 0.6 is 0 Å². The fraction of sp³-hybridized carbons (Fsp3) is 0.765. The molecule has 0 amide bonds. The van der Waals surface area contributed by atoms with E-state index < -0.39 is 6.10 Å². The third-order valence-electron chi connectivity index (χ3n) is 10.1. The van der Waals surface area contributed by atoms with E-state index in [9.17, 15) is 9.59 Å². The minimum Gasteiger partial charge on any atom is -0.462 e. The molecule has 0 spiro atoms. The van der Waals surface area contributed by atoms with Gasteiger partial charge in [0.05, 0.1) is 6.61 Å². The molecule has 0 aliphatic carbocycles. The Morgan fingerprint density at radius 3 is 1.25 bits per heavy atom. The van der Waals surface area contributed by atoms with E-state index in [1.165, 1.54) is 109 Å². The zero-order chi connectivity index (χ0) is 40.7. The van der Waals surface area contributed by atoms with Crippen LogP contribution < -0.4 is 0 Å². The van der Waals surface area contributed by atoms with Gasteiger partial charge in [-0.25, -0.2) is 0 Å². The Kier molecular flexibility index (Phi) is 45.0. The lowest BCUT2D eigenvalue weighted by Crippen LogP contribution is -2.30. The number of ether oxygens (including phenoxy) is 3. The molecule has 0 saturated carbocycles. The van der Waals surface area contributed by atoms with Crippen molar-refractivity contribution in [1.82, 2.24) is 0 Å². The van der Waals surface area contributed by atoms with Crippen LogP contribution in [-0.4, -0.2) is 37.9 Å². The fourth-order valence-electron chi connectivity index (χ4n) is 6.54. The van der Waals surface area contributed by atoms with Gasteiger partial charge in [0.15, 0.2) is 6.10 Å². The third kappa shape index (κ3) is 44.3. The number of allylic oxidation sites excluding steroid dienone is 10. The van der Waals surface area contributed by atoms with Gasteiger partial charge in [-0.05, 0) is 64.2 Å². The Hall–Kier alpha value is -2.40. The SMILES string of the molecule is CC/C=C\C/C=C\C/C=C\C/C=C\C/C=C\CCCCOCC(COC(=O)CCCCCCCCCCCCCCCCC)OC(=O)CCCCCCCCC. The second kappa shape index (κ2) is 47.0. The summed E-state index contributed by atoms with van der Waals surface area (Å²) in [5.41, 5.74) is 0. The summed E-state index contributed by atoms with van der Waals surface area (Å²) in [6.07, 6.45) is 58.1. The van der Waals surface area contributed by atoms with Gasteiger partial charge in [-0.15, -0.1) is 0 Å². The van der Waals surface area contributed by atoms with E-state index in [4.69, 9.17) is 14.2 Å². The maximum Gasteiger partial charge on any atom is 0.306 e. The maximum absolute atomic E-state index is 12.6. The molecule has 0 radical (unpaired) electrons. The van der Waals surface area contributed by atoms with Crippen LogP contribution in [0.2, 0.25) is 0 Å². The quantitative estimate of drug-likeness (QED) is 0.0350. The van der Waals surface area contributed by atoms with Gasteiger partial charge in [-0.1, -0.05) is 210 Å². The minimum atomic E-state index is -0.553. The summed E-state index contributed by atoms with van der Waals surface area (Å²) in [5, 5.41) is 0. The van der Waals surface area contributed by atoms with Crippen molar-refractivity contribution in [3.05, 3.63) is 60.8 Å². The topological polar surface area (TPSA) is 61.8 Å². The molecule has 0 rings (SSSR count). The van der Waals surface area contributed by atoms with Gasteiger partial charge in [0, 0.05) is 19.4 Å². The predicted molar refractivity (Wildman–Crippen MR) is 242 cm³/mol. The molecular formula is C51H90O5. The van der Waals surface area contributed by atoms with Crippen LogP contribution in [0.3, 0.4) is 0 Å². The first-order chi connectivity index (χ1) is 27.6. The number of hydrogen-bond acceptors (Lipinski definition) is 5. The second-order valence-electron chi connectivity index (χ2n) is 15.6. The van der Waals surface area contributed by atoms with Gasteiger partial charge < -0.3 is 14.2 Å². The molecule has 0 bridgehead atoms. The van der Waals surface area contributed by atoms with E-state index in [2.05, 4.69) is 81.5 Å². The molecule has 0 N–H and O–H groups in total. The first-order valence-electron chi connectivity index (χ1n) is 23.8. The highest BCUT2D eigenvalue weighted by molar-refractivity contribution is 5.70. The average molecular weight is 783 g/mol. The number of unbranched alkanes of at least 4 members (excludes halogenated alkanes) is 22. The molecule has 0 aromatic heterocycles. The first-order valence-corrected chi connectivity index (χ1v) is 23.8. The van der Waals surface area contributed by atoms with Crippen LogP contribution in [-0.2, 0) is 23.8 Å². The molecular weight excluding hydrogens is 693 g/mol. The maximum atomic E-state index is 12.6. The smallest absolute Gasteiger partial charge is 0.306 e. The highest BCUT2D eigenvalue weighted by atomic mass is 16.6. The Bertz CT molecular complexity index is 977. The molecule has 5 nitrogen and oxygen atoms in total. The average Bonchev–Trinajstić information content (AvgIpc) is 3.20. The van der Waals surface area contributed by atoms with Gasteiger partial charge in [0.1, 0.15) is 6.61 Å². The highest BCUT2D eigenvalue weighted by Crippen LogP contribution is 2.15. The molecule has 0 fully saturated rings. The van der Waals surface area contributed by atoms with Crippen LogP contribution in [0, 0.1) is 0 Å². The largest absolute Gasteiger partial charge is 0.462 e. The van der Waals surface area contributed by atoms with E-state index in [0.717, 1.165) is 83.5 Å². The normalized spacial score (nSPS) is 12.7. The zero-order valence-electron chi connectivity index (χ0n) is 37.1. The Balaban J connectivity index is 4.21. The Morgan fingerprint density at radius 2 is 0.804 bits per heavy atom. The number of carbonyl (C=O) groups is 2. The van der Waals surface area contributed by atoms with Crippen molar-refractivity contribution in [1.29, 1.82) is 0 Å². The molecule has 0 heterocycles. The summed E-state index contributed by atoms with van der Waals surface area (Å²) >= 11 is 0. The molecule has 0 saturated heterocycles. The molecule has 1 atom stereocenters. The van der Waals surface area contributed by atoms with Crippen LogP contribution in [0.15, 0.2) is 60.8 Å². The van der Waals surface area contributed by atoms with E-state index in [1.54, 1.807) is 0 Å². The van der Waals surface area contributed by atoms with E-state index in [1.807, 2.05) is 0 Å².